The van der Waals surface area contributed by atoms with E-state index in [1.807, 2.05) is 30.9 Å². The van der Waals surface area contributed by atoms with E-state index in [2.05, 4.69) is 0 Å². The van der Waals surface area contributed by atoms with E-state index in [0.29, 0.717) is 23.1 Å². The monoisotopic (exact) mass is 360 g/mol. The molecule has 2 N–H and O–H groups in total. The fourth-order valence-corrected chi connectivity index (χ4v) is 3.03. The smallest absolute Gasteiger partial charge is 0.263 e. The van der Waals surface area contributed by atoms with Crippen molar-refractivity contribution in [3.8, 4) is 5.75 Å². The van der Waals surface area contributed by atoms with Gasteiger partial charge in [-0.25, -0.2) is 0 Å². The summed E-state index contributed by atoms with van der Waals surface area (Å²) in [7, 11) is 0. The van der Waals surface area contributed by atoms with Crippen LogP contribution in [0.3, 0.4) is 0 Å². The molecular formula is C17H26Cl2N2O2. The summed E-state index contributed by atoms with van der Waals surface area (Å²) in [6.45, 7) is 5.51. The highest BCUT2D eigenvalue weighted by molar-refractivity contribution is 6.32. The molecule has 1 fully saturated rings. The molecule has 2 rings (SSSR count). The first-order chi connectivity index (χ1) is 10.5. The molecule has 130 valence electrons. The predicted octanol–water partition coefficient (Wildman–Crippen LogP) is 3.51. The molecule has 1 aromatic carbocycles. The lowest BCUT2D eigenvalue weighted by atomic mass is 9.91. The maximum atomic E-state index is 12.6. The number of ether oxygens (including phenoxy) is 1. The number of benzene rings is 1. The highest BCUT2D eigenvalue weighted by atomic mass is 35.5. The van der Waals surface area contributed by atoms with Gasteiger partial charge in [-0.1, -0.05) is 30.7 Å². The molecule has 0 radical (unpaired) electrons. The summed E-state index contributed by atoms with van der Waals surface area (Å²) < 4.78 is 5.84. The molecule has 23 heavy (non-hydrogen) atoms. The first-order valence-corrected chi connectivity index (χ1v) is 8.36. The SMILES string of the molecule is CCC(Oc1ccccc1Cl)C(=O)N1CCC(C(C)N)CC1.Cl. The molecule has 1 aliphatic rings. The molecule has 6 heteroatoms. The molecular weight excluding hydrogens is 335 g/mol. The Kier molecular flexibility index (Phi) is 8.17. The number of piperidine rings is 1. The highest BCUT2D eigenvalue weighted by Gasteiger charge is 2.29. The van der Waals surface area contributed by atoms with Crippen LogP contribution in [-0.4, -0.2) is 36.0 Å². The van der Waals surface area contributed by atoms with Crippen LogP contribution < -0.4 is 10.5 Å². The summed E-state index contributed by atoms with van der Waals surface area (Å²) in [5.74, 6) is 1.12. The van der Waals surface area contributed by atoms with Gasteiger partial charge in [0.25, 0.3) is 5.91 Å². The van der Waals surface area contributed by atoms with Crippen LogP contribution in [-0.2, 0) is 4.79 Å². The van der Waals surface area contributed by atoms with Gasteiger partial charge in [0.1, 0.15) is 5.75 Å². The fraction of sp³-hybridized carbons (Fsp3) is 0.588. The van der Waals surface area contributed by atoms with E-state index in [4.69, 9.17) is 22.1 Å². The number of rotatable bonds is 5. The number of nitrogens with zero attached hydrogens (tertiary/aromatic N) is 1. The predicted molar refractivity (Wildman–Crippen MR) is 96.4 cm³/mol. The van der Waals surface area contributed by atoms with Gasteiger partial charge >= 0.3 is 0 Å². The molecule has 2 unspecified atom stereocenters. The van der Waals surface area contributed by atoms with Crippen molar-refractivity contribution < 1.29 is 9.53 Å². The summed E-state index contributed by atoms with van der Waals surface area (Å²) in [5.41, 5.74) is 5.95. The Bertz CT molecular complexity index is 503. The molecule has 4 nitrogen and oxygen atoms in total. The van der Waals surface area contributed by atoms with Crippen LogP contribution in [0.25, 0.3) is 0 Å². The number of carbonyl (C=O) groups excluding carboxylic acids is 1. The van der Waals surface area contributed by atoms with Gasteiger partial charge in [-0.15, -0.1) is 12.4 Å². The van der Waals surface area contributed by atoms with E-state index in [0.717, 1.165) is 25.9 Å². The standard InChI is InChI=1S/C17H25ClN2O2.ClH/c1-3-15(22-16-7-5-4-6-14(16)18)17(21)20-10-8-13(9-11-20)12(2)19;/h4-7,12-13,15H,3,8-11,19H2,1-2H3;1H. The number of nitrogens with two attached hydrogens (primary N) is 1. The molecule has 0 aliphatic carbocycles. The van der Waals surface area contributed by atoms with Crippen molar-refractivity contribution in [3.05, 3.63) is 29.3 Å². The quantitative estimate of drug-likeness (QED) is 0.873. The molecule has 1 amide bonds. The number of carbonyl (C=O) groups is 1. The normalized spacial score (nSPS) is 18.0. The van der Waals surface area contributed by atoms with Gasteiger partial charge in [0.05, 0.1) is 5.02 Å². The Hall–Kier alpha value is -0.970. The topological polar surface area (TPSA) is 55.6 Å². The van der Waals surface area contributed by atoms with E-state index in [1.54, 1.807) is 12.1 Å². The third-order valence-corrected chi connectivity index (χ3v) is 4.66. The van der Waals surface area contributed by atoms with E-state index in [9.17, 15) is 4.79 Å². The van der Waals surface area contributed by atoms with Crippen molar-refractivity contribution in [1.82, 2.24) is 4.90 Å². The van der Waals surface area contributed by atoms with Crippen molar-refractivity contribution in [2.75, 3.05) is 13.1 Å². The van der Waals surface area contributed by atoms with E-state index < -0.39 is 6.10 Å². The van der Waals surface area contributed by atoms with E-state index in [1.165, 1.54) is 0 Å². The Morgan fingerprint density at radius 1 is 1.39 bits per heavy atom. The summed E-state index contributed by atoms with van der Waals surface area (Å²) >= 11 is 6.11. The second kappa shape index (κ2) is 9.36. The molecule has 1 aliphatic heterocycles. The molecule has 0 aromatic heterocycles. The van der Waals surface area contributed by atoms with Crippen LogP contribution in [0.5, 0.6) is 5.75 Å². The van der Waals surface area contributed by atoms with Gasteiger partial charge in [0, 0.05) is 19.1 Å². The number of amides is 1. The first kappa shape index (κ1) is 20.1. The maximum Gasteiger partial charge on any atom is 0.263 e. The first-order valence-electron chi connectivity index (χ1n) is 7.98. The second-order valence-electron chi connectivity index (χ2n) is 5.97. The van der Waals surface area contributed by atoms with Gasteiger partial charge < -0.3 is 15.4 Å². The Morgan fingerprint density at radius 2 is 2.00 bits per heavy atom. The van der Waals surface area contributed by atoms with Crippen molar-refractivity contribution in [1.29, 1.82) is 0 Å². The van der Waals surface area contributed by atoms with Crippen molar-refractivity contribution >= 4 is 29.9 Å². The third kappa shape index (κ3) is 5.27. The van der Waals surface area contributed by atoms with Crippen LogP contribution in [0.15, 0.2) is 24.3 Å². The van der Waals surface area contributed by atoms with Gasteiger partial charge in [0.15, 0.2) is 6.10 Å². The van der Waals surface area contributed by atoms with Gasteiger partial charge in [-0.2, -0.15) is 0 Å². The Morgan fingerprint density at radius 3 is 2.52 bits per heavy atom. The molecule has 1 aromatic rings. The number of hydrogen-bond acceptors (Lipinski definition) is 3. The van der Waals surface area contributed by atoms with Crippen LogP contribution in [0, 0.1) is 5.92 Å². The summed E-state index contributed by atoms with van der Waals surface area (Å²) in [4.78, 5) is 14.5. The zero-order valence-electron chi connectivity index (χ0n) is 13.7. The Balaban J connectivity index is 0.00000264. The molecule has 2 atom stereocenters. The number of halogens is 2. The largest absolute Gasteiger partial charge is 0.479 e. The van der Waals surface area contributed by atoms with Crippen LogP contribution >= 0.6 is 24.0 Å². The number of hydrogen-bond donors (Lipinski definition) is 1. The molecule has 1 heterocycles. The van der Waals surface area contributed by atoms with Crippen molar-refractivity contribution in [3.63, 3.8) is 0 Å². The minimum absolute atomic E-state index is 0. The van der Waals surface area contributed by atoms with Gasteiger partial charge in [-0.05, 0) is 44.2 Å². The average molecular weight is 361 g/mol. The summed E-state index contributed by atoms with van der Waals surface area (Å²) in [5, 5.41) is 0.532. The number of likely N-dealkylation sites (tertiary alicyclic amines) is 1. The van der Waals surface area contributed by atoms with Crippen LogP contribution in [0.2, 0.25) is 5.02 Å². The van der Waals surface area contributed by atoms with E-state index >= 15 is 0 Å². The minimum atomic E-state index is -0.480. The summed E-state index contributed by atoms with van der Waals surface area (Å²) in [6.07, 6.45) is 2.07. The van der Waals surface area contributed by atoms with Crippen LogP contribution in [0.4, 0.5) is 0 Å². The van der Waals surface area contributed by atoms with Gasteiger partial charge in [0.2, 0.25) is 0 Å². The van der Waals surface area contributed by atoms with Crippen LogP contribution in [0.1, 0.15) is 33.1 Å². The lowest BCUT2D eigenvalue weighted by Gasteiger charge is -2.35. The lowest BCUT2D eigenvalue weighted by molar-refractivity contribution is -0.140. The number of para-hydroxylation sites is 1. The Labute approximate surface area is 149 Å². The molecule has 0 spiro atoms. The molecule has 1 saturated heterocycles. The van der Waals surface area contributed by atoms with E-state index in [-0.39, 0.29) is 24.4 Å². The minimum Gasteiger partial charge on any atom is -0.479 e. The third-order valence-electron chi connectivity index (χ3n) is 4.35. The lowest BCUT2D eigenvalue weighted by Crippen LogP contribution is -2.47. The molecule has 0 bridgehead atoms. The average Bonchev–Trinajstić information content (AvgIpc) is 2.53. The molecule has 0 saturated carbocycles. The zero-order chi connectivity index (χ0) is 16.1. The maximum absolute atomic E-state index is 12.6. The van der Waals surface area contributed by atoms with Gasteiger partial charge in [-0.3, -0.25) is 4.79 Å². The highest BCUT2D eigenvalue weighted by Crippen LogP contribution is 2.26. The van der Waals surface area contributed by atoms with Crippen molar-refractivity contribution in [2.45, 2.75) is 45.3 Å². The fourth-order valence-electron chi connectivity index (χ4n) is 2.85. The zero-order valence-corrected chi connectivity index (χ0v) is 15.3. The second-order valence-corrected chi connectivity index (χ2v) is 6.37. The summed E-state index contributed by atoms with van der Waals surface area (Å²) in [6, 6.07) is 7.45. The van der Waals surface area contributed by atoms with Crippen molar-refractivity contribution in [2.24, 2.45) is 11.7 Å².